The maximum atomic E-state index is 14.3. The molecule has 1 aromatic rings. The van der Waals surface area contributed by atoms with E-state index in [4.69, 9.17) is 9.31 Å². The van der Waals surface area contributed by atoms with E-state index in [1.165, 1.54) is 6.20 Å². The van der Waals surface area contributed by atoms with Gasteiger partial charge in [-0.25, -0.2) is 4.39 Å². The van der Waals surface area contributed by atoms with Gasteiger partial charge in [-0.2, -0.15) is 0 Å². The summed E-state index contributed by atoms with van der Waals surface area (Å²) in [7, 11) is -0.697. The van der Waals surface area contributed by atoms with E-state index in [9.17, 15) is 4.39 Å². The minimum Gasteiger partial charge on any atom is -0.399 e. The Hall–Kier alpha value is -0.935. The van der Waals surface area contributed by atoms with Gasteiger partial charge in [-0.1, -0.05) is 20.8 Å². The summed E-state index contributed by atoms with van der Waals surface area (Å²) in [6.07, 6.45) is 2.92. The maximum Gasteiger partial charge on any atom is 0.498 e. The highest BCUT2D eigenvalue weighted by molar-refractivity contribution is 6.62. The van der Waals surface area contributed by atoms with Crippen molar-refractivity contribution in [2.75, 3.05) is 0 Å². The van der Waals surface area contributed by atoms with E-state index in [0.717, 1.165) is 5.56 Å². The Bertz CT molecular complexity index is 507. The van der Waals surface area contributed by atoms with Crippen LogP contribution in [0.15, 0.2) is 12.4 Å². The first-order valence-corrected chi connectivity index (χ1v) is 6.95. The van der Waals surface area contributed by atoms with Gasteiger partial charge in [0.25, 0.3) is 0 Å². The second-order valence-corrected chi connectivity index (χ2v) is 7.42. The minimum atomic E-state index is -0.697. The van der Waals surface area contributed by atoms with E-state index in [2.05, 4.69) is 4.98 Å². The Labute approximate surface area is 121 Å². The summed E-state index contributed by atoms with van der Waals surface area (Å²) in [5.74, 6) is -0.379. The topological polar surface area (TPSA) is 31.4 Å². The van der Waals surface area contributed by atoms with Crippen LogP contribution in [0.25, 0.3) is 0 Å². The number of rotatable bonds is 1. The van der Waals surface area contributed by atoms with E-state index < -0.39 is 18.3 Å². The highest BCUT2D eigenvalue weighted by Crippen LogP contribution is 2.37. The van der Waals surface area contributed by atoms with Gasteiger partial charge in [0, 0.05) is 11.7 Å². The lowest BCUT2D eigenvalue weighted by molar-refractivity contribution is 0.00578. The molecule has 0 radical (unpaired) electrons. The lowest BCUT2D eigenvalue weighted by Crippen LogP contribution is -2.42. The molecule has 1 aliphatic rings. The van der Waals surface area contributed by atoms with Gasteiger partial charge in [0.2, 0.25) is 0 Å². The predicted octanol–water partition coefficient (Wildman–Crippen LogP) is 2.82. The van der Waals surface area contributed by atoms with Crippen molar-refractivity contribution >= 4 is 12.6 Å². The van der Waals surface area contributed by atoms with Gasteiger partial charge < -0.3 is 9.31 Å². The quantitative estimate of drug-likeness (QED) is 0.741. The minimum absolute atomic E-state index is 0.228. The predicted molar refractivity (Wildman–Crippen MR) is 78.6 cm³/mol. The number of aromatic nitrogens is 1. The molecule has 20 heavy (non-hydrogen) atoms. The normalized spacial score (nSPS) is 21.3. The van der Waals surface area contributed by atoms with E-state index in [1.807, 2.05) is 48.5 Å². The monoisotopic (exact) mass is 279 g/mol. The van der Waals surface area contributed by atoms with Crippen molar-refractivity contribution in [1.82, 2.24) is 4.98 Å². The molecule has 5 heteroatoms. The first-order valence-electron chi connectivity index (χ1n) is 6.95. The Morgan fingerprint density at radius 1 is 1.05 bits per heavy atom. The lowest BCUT2D eigenvalue weighted by Gasteiger charge is -2.32. The summed E-state index contributed by atoms with van der Waals surface area (Å²) in [5.41, 5.74) is 0.0844. The van der Waals surface area contributed by atoms with Gasteiger partial charge in [0.1, 0.15) is 5.82 Å². The molecule has 0 atom stereocenters. The molecule has 0 aliphatic carbocycles. The zero-order valence-electron chi connectivity index (χ0n) is 13.4. The molecule has 1 aliphatic heterocycles. The van der Waals surface area contributed by atoms with Crippen LogP contribution in [0.2, 0.25) is 0 Å². The van der Waals surface area contributed by atoms with Crippen molar-refractivity contribution in [2.24, 2.45) is 0 Å². The van der Waals surface area contributed by atoms with Crippen molar-refractivity contribution in [1.29, 1.82) is 0 Å². The molecule has 0 saturated carbocycles. The van der Waals surface area contributed by atoms with Crippen molar-refractivity contribution < 1.29 is 13.7 Å². The van der Waals surface area contributed by atoms with E-state index in [0.29, 0.717) is 5.46 Å². The molecule has 2 heterocycles. The molecule has 0 aromatic carbocycles. The molecule has 1 aromatic heterocycles. The van der Waals surface area contributed by atoms with Crippen LogP contribution >= 0.6 is 0 Å². The van der Waals surface area contributed by atoms with Crippen LogP contribution in [0, 0.1) is 5.82 Å². The van der Waals surface area contributed by atoms with Crippen LogP contribution < -0.4 is 5.46 Å². The van der Waals surface area contributed by atoms with Crippen LogP contribution in [0.1, 0.15) is 54.0 Å². The molecule has 0 amide bonds. The Morgan fingerprint density at radius 2 is 1.55 bits per heavy atom. The maximum absolute atomic E-state index is 14.3. The molecule has 0 spiro atoms. The molecule has 110 valence electrons. The highest BCUT2D eigenvalue weighted by Gasteiger charge is 2.53. The summed E-state index contributed by atoms with van der Waals surface area (Å²) in [6.45, 7) is 13.9. The molecule has 3 nitrogen and oxygen atoms in total. The largest absolute Gasteiger partial charge is 0.498 e. The van der Waals surface area contributed by atoms with Crippen LogP contribution in [0.5, 0.6) is 0 Å². The summed E-state index contributed by atoms with van der Waals surface area (Å²) in [4.78, 5) is 3.97. The molecular weight excluding hydrogens is 256 g/mol. The molecule has 0 bridgehead atoms. The Balaban J connectivity index is 2.50. The van der Waals surface area contributed by atoms with Crippen LogP contribution in [-0.4, -0.2) is 23.3 Å². The van der Waals surface area contributed by atoms with Crippen molar-refractivity contribution in [2.45, 2.75) is 65.1 Å². The third-order valence-electron chi connectivity index (χ3n) is 4.24. The van der Waals surface area contributed by atoms with Crippen molar-refractivity contribution in [3.63, 3.8) is 0 Å². The average molecular weight is 279 g/mol. The van der Waals surface area contributed by atoms with Gasteiger partial charge >= 0.3 is 7.12 Å². The SMILES string of the molecule is CC(C)(C)c1cncc(F)c1B1OC(C)(C)C(C)(C)O1. The van der Waals surface area contributed by atoms with Gasteiger partial charge in [-0.3, -0.25) is 4.98 Å². The van der Waals surface area contributed by atoms with Gasteiger partial charge in [0.15, 0.2) is 0 Å². The van der Waals surface area contributed by atoms with Crippen LogP contribution in [0.4, 0.5) is 4.39 Å². The smallest absolute Gasteiger partial charge is 0.399 e. The molecule has 0 N–H and O–H groups in total. The van der Waals surface area contributed by atoms with Gasteiger partial charge in [-0.05, 0) is 38.7 Å². The standard InChI is InChI=1S/C15H23BFNO2/c1-13(2,3)10-8-18-9-11(17)12(10)16-19-14(4,5)15(6,7)20-16/h8-9H,1-7H3. The van der Waals surface area contributed by atoms with Crippen molar-refractivity contribution in [3.05, 3.63) is 23.8 Å². The number of halogens is 1. The molecule has 1 saturated heterocycles. The zero-order valence-corrected chi connectivity index (χ0v) is 13.4. The molecular formula is C15H23BFNO2. The van der Waals surface area contributed by atoms with Crippen LogP contribution in [-0.2, 0) is 14.7 Å². The summed E-state index contributed by atoms with van der Waals surface area (Å²) >= 11 is 0. The van der Waals surface area contributed by atoms with Gasteiger partial charge in [-0.15, -0.1) is 0 Å². The summed E-state index contributed by atoms with van der Waals surface area (Å²) in [5, 5.41) is 0. The fourth-order valence-electron chi connectivity index (χ4n) is 2.24. The third-order valence-corrected chi connectivity index (χ3v) is 4.24. The van der Waals surface area contributed by atoms with E-state index in [1.54, 1.807) is 6.20 Å². The zero-order chi connectivity index (χ0) is 15.3. The number of hydrogen-bond acceptors (Lipinski definition) is 3. The fraction of sp³-hybridized carbons (Fsp3) is 0.667. The Kier molecular flexibility index (Phi) is 3.50. The summed E-state index contributed by atoms with van der Waals surface area (Å²) < 4.78 is 26.3. The number of nitrogens with zero attached hydrogens (tertiary/aromatic N) is 1. The molecule has 2 rings (SSSR count). The third kappa shape index (κ3) is 2.49. The first kappa shape index (κ1) is 15.5. The highest BCUT2D eigenvalue weighted by atomic mass is 19.1. The summed E-state index contributed by atoms with van der Waals surface area (Å²) in [6, 6.07) is 0. The molecule has 0 unspecified atom stereocenters. The second-order valence-electron chi connectivity index (χ2n) is 7.42. The lowest BCUT2D eigenvalue weighted by atomic mass is 9.70. The van der Waals surface area contributed by atoms with Crippen molar-refractivity contribution in [3.8, 4) is 0 Å². The number of pyridine rings is 1. The molecule has 1 fully saturated rings. The fourth-order valence-corrected chi connectivity index (χ4v) is 2.24. The van der Waals surface area contributed by atoms with E-state index >= 15 is 0 Å². The second kappa shape index (κ2) is 4.53. The van der Waals surface area contributed by atoms with Gasteiger partial charge in [0.05, 0.1) is 17.4 Å². The van der Waals surface area contributed by atoms with E-state index in [-0.39, 0.29) is 11.2 Å². The number of hydrogen-bond donors (Lipinski definition) is 0. The average Bonchev–Trinajstić information content (AvgIpc) is 2.46. The first-order chi connectivity index (χ1) is 8.96. The van der Waals surface area contributed by atoms with Crippen LogP contribution in [0.3, 0.4) is 0 Å². The Morgan fingerprint density at radius 3 is 2.00 bits per heavy atom.